The Labute approximate surface area is 88.8 Å². The van der Waals surface area contributed by atoms with Gasteiger partial charge in [0.25, 0.3) is 0 Å². The van der Waals surface area contributed by atoms with E-state index in [1.54, 1.807) is 6.20 Å². The first kappa shape index (κ1) is 8.65. The van der Waals surface area contributed by atoms with E-state index in [0.29, 0.717) is 5.92 Å². The van der Waals surface area contributed by atoms with Crippen LogP contribution in [0.25, 0.3) is 11.3 Å². The van der Waals surface area contributed by atoms with E-state index in [-0.39, 0.29) is 0 Å². The molecule has 0 spiro atoms. The fourth-order valence-corrected chi connectivity index (χ4v) is 1.93. The van der Waals surface area contributed by atoms with E-state index in [9.17, 15) is 0 Å². The zero-order valence-corrected chi connectivity index (χ0v) is 8.72. The number of pyridine rings is 1. The monoisotopic (exact) mass is 199 g/mol. The number of rotatable bonds is 2. The van der Waals surface area contributed by atoms with E-state index in [2.05, 4.69) is 27.6 Å². The van der Waals surface area contributed by atoms with Crippen molar-refractivity contribution in [1.29, 1.82) is 0 Å². The smallest absolute Gasteiger partial charge is 0.111 e. The Balaban J connectivity index is 2.05. The van der Waals surface area contributed by atoms with Gasteiger partial charge in [-0.15, -0.1) is 0 Å². The lowest BCUT2D eigenvalue weighted by Gasteiger charge is -2.04. The molecule has 76 valence electrons. The van der Waals surface area contributed by atoms with Crippen LogP contribution in [0.5, 0.6) is 0 Å². The third-order valence-corrected chi connectivity index (χ3v) is 2.92. The van der Waals surface area contributed by atoms with Crippen LogP contribution < -0.4 is 0 Å². The average Bonchev–Trinajstić information content (AvgIpc) is 3.04. The Morgan fingerprint density at radius 3 is 2.87 bits per heavy atom. The molecule has 2 aromatic rings. The molecule has 2 aromatic heterocycles. The first-order valence-corrected chi connectivity index (χ1v) is 5.28. The zero-order valence-electron chi connectivity index (χ0n) is 8.72. The van der Waals surface area contributed by atoms with Gasteiger partial charge in [-0.1, -0.05) is 0 Å². The molecule has 0 aliphatic heterocycles. The minimum absolute atomic E-state index is 0.695. The highest BCUT2D eigenvalue weighted by molar-refractivity contribution is 5.57. The number of imidazole rings is 1. The van der Waals surface area contributed by atoms with Crippen LogP contribution in [0.1, 0.15) is 24.6 Å². The van der Waals surface area contributed by atoms with Crippen LogP contribution in [0.3, 0.4) is 0 Å². The molecule has 0 N–H and O–H groups in total. The minimum Gasteiger partial charge on any atom is -0.331 e. The molecular weight excluding hydrogens is 186 g/mol. The Morgan fingerprint density at radius 2 is 2.20 bits per heavy atom. The van der Waals surface area contributed by atoms with Gasteiger partial charge in [0.15, 0.2) is 0 Å². The quantitative estimate of drug-likeness (QED) is 0.743. The molecule has 0 atom stereocenters. The minimum atomic E-state index is 0.695. The van der Waals surface area contributed by atoms with Gasteiger partial charge in [-0.05, 0) is 25.0 Å². The van der Waals surface area contributed by atoms with E-state index < -0.39 is 0 Å². The predicted molar refractivity (Wildman–Crippen MR) is 58.4 cm³/mol. The summed E-state index contributed by atoms with van der Waals surface area (Å²) in [6, 6.07) is 4.03. The molecule has 0 radical (unpaired) electrons. The lowest BCUT2D eigenvalue weighted by molar-refractivity contribution is 0.804. The summed E-state index contributed by atoms with van der Waals surface area (Å²) in [5.41, 5.74) is 2.30. The molecule has 3 nitrogen and oxygen atoms in total. The highest BCUT2D eigenvalue weighted by Crippen LogP contribution is 2.40. The van der Waals surface area contributed by atoms with Gasteiger partial charge in [-0.25, -0.2) is 4.98 Å². The van der Waals surface area contributed by atoms with Gasteiger partial charge in [-0.3, -0.25) is 4.98 Å². The van der Waals surface area contributed by atoms with Crippen LogP contribution in [-0.4, -0.2) is 14.5 Å². The van der Waals surface area contributed by atoms with Crippen LogP contribution in [0.2, 0.25) is 0 Å². The molecule has 1 fully saturated rings. The average molecular weight is 199 g/mol. The van der Waals surface area contributed by atoms with Gasteiger partial charge in [0, 0.05) is 30.9 Å². The maximum Gasteiger partial charge on any atom is 0.111 e. The molecule has 0 unspecified atom stereocenters. The van der Waals surface area contributed by atoms with Gasteiger partial charge < -0.3 is 4.57 Å². The Bertz CT molecular complexity index is 469. The van der Waals surface area contributed by atoms with E-state index in [4.69, 9.17) is 0 Å². The second-order valence-electron chi connectivity index (χ2n) is 4.08. The van der Waals surface area contributed by atoms with Crippen LogP contribution in [0, 0.1) is 0 Å². The number of aromatic nitrogens is 3. The lowest BCUT2D eigenvalue weighted by Crippen LogP contribution is -1.97. The van der Waals surface area contributed by atoms with Crippen molar-refractivity contribution in [3.05, 3.63) is 36.5 Å². The summed E-state index contributed by atoms with van der Waals surface area (Å²) in [6.07, 6.45) is 8.20. The maximum absolute atomic E-state index is 4.49. The number of nitrogens with zero attached hydrogens (tertiary/aromatic N) is 3. The first-order valence-electron chi connectivity index (χ1n) is 5.28. The van der Waals surface area contributed by atoms with E-state index in [0.717, 1.165) is 11.3 Å². The summed E-state index contributed by atoms with van der Waals surface area (Å²) in [4.78, 5) is 8.62. The summed E-state index contributed by atoms with van der Waals surface area (Å²) in [7, 11) is 2.09. The van der Waals surface area contributed by atoms with Gasteiger partial charge in [-0.2, -0.15) is 0 Å². The van der Waals surface area contributed by atoms with Crippen molar-refractivity contribution in [3.8, 4) is 11.3 Å². The van der Waals surface area contributed by atoms with Crippen molar-refractivity contribution in [2.75, 3.05) is 0 Å². The topological polar surface area (TPSA) is 30.7 Å². The lowest BCUT2D eigenvalue weighted by atomic mass is 10.2. The molecule has 2 heterocycles. The molecule has 1 saturated carbocycles. The van der Waals surface area contributed by atoms with Crippen molar-refractivity contribution in [2.45, 2.75) is 18.8 Å². The summed E-state index contributed by atoms with van der Waals surface area (Å²) < 4.78 is 2.19. The van der Waals surface area contributed by atoms with Crippen molar-refractivity contribution in [1.82, 2.24) is 14.5 Å². The van der Waals surface area contributed by atoms with Crippen LogP contribution >= 0.6 is 0 Å². The fraction of sp³-hybridized carbons (Fsp3) is 0.333. The Kier molecular flexibility index (Phi) is 1.84. The third kappa shape index (κ3) is 1.44. The molecule has 3 rings (SSSR count). The highest BCUT2D eigenvalue weighted by atomic mass is 15.1. The number of hydrogen-bond acceptors (Lipinski definition) is 2. The summed E-state index contributed by atoms with van der Waals surface area (Å²) in [5.74, 6) is 1.91. The summed E-state index contributed by atoms with van der Waals surface area (Å²) in [5, 5.41) is 0. The van der Waals surface area contributed by atoms with Crippen molar-refractivity contribution in [3.63, 3.8) is 0 Å². The molecule has 1 aliphatic rings. The molecule has 0 saturated heterocycles. The largest absolute Gasteiger partial charge is 0.331 e. The zero-order chi connectivity index (χ0) is 10.3. The van der Waals surface area contributed by atoms with E-state index in [1.807, 2.05) is 18.5 Å². The second-order valence-corrected chi connectivity index (χ2v) is 4.08. The Morgan fingerprint density at radius 1 is 1.33 bits per heavy atom. The van der Waals surface area contributed by atoms with Crippen molar-refractivity contribution < 1.29 is 0 Å². The molecule has 0 aromatic carbocycles. The third-order valence-electron chi connectivity index (χ3n) is 2.92. The molecule has 0 bridgehead atoms. The van der Waals surface area contributed by atoms with Gasteiger partial charge in [0.2, 0.25) is 0 Å². The van der Waals surface area contributed by atoms with Crippen LogP contribution in [0.15, 0.2) is 30.7 Å². The molecule has 1 aliphatic carbocycles. The molecule has 0 amide bonds. The Hall–Kier alpha value is -1.64. The molecule has 15 heavy (non-hydrogen) atoms. The SMILES string of the molecule is Cn1c(-c2cccnc2)cnc1C1CC1. The van der Waals surface area contributed by atoms with Crippen LogP contribution in [-0.2, 0) is 7.05 Å². The van der Waals surface area contributed by atoms with Gasteiger partial charge in [0.1, 0.15) is 5.82 Å². The van der Waals surface area contributed by atoms with Crippen LogP contribution in [0.4, 0.5) is 0 Å². The predicted octanol–water partition coefficient (Wildman–Crippen LogP) is 2.36. The van der Waals surface area contributed by atoms with Crippen molar-refractivity contribution in [2.24, 2.45) is 7.05 Å². The molecule has 3 heteroatoms. The van der Waals surface area contributed by atoms with Crippen molar-refractivity contribution >= 4 is 0 Å². The second kappa shape index (κ2) is 3.19. The summed E-state index contributed by atoms with van der Waals surface area (Å²) in [6.45, 7) is 0. The van der Waals surface area contributed by atoms with Gasteiger partial charge >= 0.3 is 0 Å². The van der Waals surface area contributed by atoms with Gasteiger partial charge in [0.05, 0.1) is 11.9 Å². The van der Waals surface area contributed by atoms with E-state index >= 15 is 0 Å². The summed E-state index contributed by atoms with van der Waals surface area (Å²) >= 11 is 0. The first-order chi connectivity index (χ1) is 7.36. The molecular formula is C12H13N3. The maximum atomic E-state index is 4.49. The standard InChI is InChI=1S/C12H13N3/c1-15-11(10-3-2-6-13-7-10)8-14-12(15)9-4-5-9/h2-3,6-9H,4-5H2,1H3. The normalized spacial score (nSPS) is 15.5. The highest BCUT2D eigenvalue weighted by Gasteiger charge is 2.28. The fourth-order valence-electron chi connectivity index (χ4n) is 1.93. The van der Waals surface area contributed by atoms with E-state index in [1.165, 1.54) is 18.7 Å². The number of hydrogen-bond donors (Lipinski definition) is 0.